The molecule has 2 N–H and O–H groups in total. The maximum atomic E-state index is 12.9. The number of likely N-dealkylation sites (tertiary alicyclic amines) is 1. The first-order valence-corrected chi connectivity index (χ1v) is 12.2. The number of nitrogens with one attached hydrogen (secondary N) is 2. The van der Waals surface area contributed by atoms with E-state index in [4.69, 9.17) is 0 Å². The highest BCUT2D eigenvalue weighted by atomic mass is 32.2. The van der Waals surface area contributed by atoms with E-state index in [2.05, 4.69) is 10.0 Å². The molecule has 8 heteroatoms. The molecule has 2 aromatic carbocycles. The van der Waals surface area contributed by atoms with Gasteiger partial charge in [-0.1, -0.05) is 31.2 Å². The number of nitrogens with zero attached hydrogens (tertiary/aromatic N) is 1. The number of benzene rings is 2. The third-order valence-corrected chi connectivity index (χ3v) is 6.86. The second kappa shape index (κ2) is 9.96. The lowest BCUT2D eigenvalue weighted by molar-refractivity contribution is 0.0698. The van der Waals surface area contributed by atoms with Crippen molar-refractivity contribution in [1.29, 1.82) is 0 Å². The molecule has 166 valence electrons. The molecule has 0 bridgehead atoms. The van der Waals surface area contributed by atoms with Gasteiger partial charge < -0.3 is 10.2 Å². The molecule has 0 unspecified atom stereocenters. The lowest BCUT2D eigenvalue weighted by atomic mass is 10.0. The van der Waals surface area contributed by atoms with Crippen LogP contribution in [0.25, 0.3) is 0 Å². The third-order valence-electron chi connectivity index (χ3n) is 5.36. The molecule has 0 aliphatic carbocycles. The van der Waals surface area contributed by atoms with Gasteiger partial charge in [0.1, 0.15) is 0 Å². The van der Waals surface area contributed by atoms with Crippen LogP contribution < -0.4 is 10.0 Å². The lowest BCUT2D eigenvalue weighted by Gasteiger charge is -2.32. The molecule has 1 fully saturated rings. The molecule has 1 aliphatic heterocycles. The summed E-state index contributed by atoms with van der Waals surface area (Å²) in [6.45, 7) is 4.77. The fraction of sp³-hybridized carbons (Fsp3) is 0.391. The van der Waals surface area contributed by atoms with E-state index in [1.54, 1.807) is 36.1 Å². The molecule has 2 amide bonds. The second-order valence-electron chi connectivity index (χ2n) is 7.86. The van der Waals surface area contributed by atoms with Gasteiger partial charge in [0.2, 0.25) is 10.0 Å². The van der Waals surface area contributed by atoms with Gasteiger partial charge in [0.05, 0.1) is 5.75 Å². The molecule has 0 spiro atoms. The van der Waals surface area contributed by atoms with Crippen LogP contribution in [0.3, 0.4) is 0 Å². The first-order valence-electron chi connectivity index (χ1n) is 10.6. The number of amides is 2. The average molecular weight is 444 g/mol. The fourth-order valence-corrected chi connectivity index (χ4v) is 4.84. The molecule has 0 radical (unpaired) electrons. The summed E-state index contributed by atoms with van der Waals surface area (Å²) >= 11 is 0. The van der Waals surface area contributed by atoms with Crippen LogP contribution in [-0.4, -0.2) is 50.0 Å². The van der Waals surface area contributed by atoms with E-state index in [1.165, 1.54) is 0 Å². The first kappa shape index (κ1) is 22.8. The number of sulfonamides is 1. The van der Waals surface area contributed by atoms with Crippen LogP contribution in [-0.2, 0) is 10.0 Å². The smallest absolute Gasteiger partial charge is 0.253 e. The highest BCUT2D eigenvalue weighted by Crippen LogP contribution is 2.18. The van der Waals surface area contributed by atoms with Crippen molar-refractivity contribution in [2.45, 2.75) is 39.2 Å². The summed E-state index contributed by atoms with van der Waals surface area (Å²) in [6.07, 6.45) is 1.86. The van der Waals surface area contributed by atoms with E-state index in [9.17, 15) is 18.0 Å². The highest BCUT2D eigenvalue weighted by Gasteiger charge is 2.25. The maximum absolute atomic E-state index is 12.9. The summed E-state index contributed by atoms with van der Waals surface area (Å²) in [5.74, 6) is -0.192. The molecule has 0 saturated carbocycles. The van der Waals surface area contributed by atoms with Crippen molar-refractivity contribution >= 4 is 27.5 Å². The summed E-state index contributed by atoms with van der Waals surface area (Å²) < 4.78 is 26.5. The van der Waals surface area contributed by atoms with E-state index in [1.807, 2.05) is 31.2 Å². The highest BCUT2D eigenvalue weighted by molar-refractivity contribution is 7.92. The molecule has 1 heterocycles. The number of carbonyl (C=O) groups is 2. The largest absolute Gasteiger partial charge is 0.349 e. The molecule has 3 rings (SSSR count). The molecular weight excluding hydrogens is 414 g/mol. The SMILES string of the molecule is CCCS(=O)(=O)Nc1cccc(C(=O)N2CCC(NC(=O)c3ccccc3C)CC2)c1. The maximum Gasteiger partial charge on any atom is 0.253 e. The van der Waals surface area contributed by atoms with E-state index < -0.39 is 10.0 Å². The Balaban J connectivity index is 1.57. The van der Waals surface area contributed by atoms with Crippen LogP contribution in [0.1, 0.15) is 52.5 Å². The first-order chi connectivity index (χ1) is 14.8. The Bertz CT molecular complexity index is 1040. The van der Waals surface area contributed by atoms with Crippen LogP contribution in [0.2, 0.25) is 0 Å². The average Bonchev–Trinajstić information content (AvgIpc) is 2.74. The Hall–Kier alpha value is -2.87. The van der Waals surface area contributed by atoms with Gasteiger partial charge >= 0.3 is 0 Å². The van der Waals surface area contributed by atoms with E-state index in [0.29, 0.717) is 49.2 Å². The number of piperidine rings is 1. The van der Waals surface area contributed by atoms with E-state index in [-0.39, 0.29) is 23.6 Å². The minimum absolute atomic E-state index is 0.0170. The molecule has 7 nitrogen and oxygen atoms in total. The molecule has 1 aliphatic rings. The zero-order chi connectivity index (χ0) is 22.4. The monoisotopic (exact) mass is 443 g/mol. The fourth-order valence-electron chi connectivity index (χ4n) is 3.72. The Morgan fingerprint density at radius 3 is 2.45 bits per heavy atom. The predicted molar refractivity (Wildman–Crippen MR) is 122 cm³/mol. The zero-order valence-electron chi connectivity index (χ0n) is 17.9. The standard InChI is InChI=1S/C23H29N3O4S/c1-3-15-31(29,30)25-20-9-6-8-18(16-20)23(28)26-13-11-19(12-14-26)24-22(27)21-10-5-4-7-17(21)2/h4-10,16,19,25H,3,11-15H2,1-2H3,(H,24,27). The number of anilines is 1. The summed E-state index contributed by atoms with van der Waals surface area (Å²) in [5, 5.41) is 3.07. The van der Waals surface area contributed by atoms with Gasteiger partial charge in [0.25, 0.3) is 11.8 Å². The Morgan fingerprint density at radius 1 is 1.06 bits per heavy atom. The Kier molecular flexibility index (Phi) is 7.33. The van der Waals surface area contributed by atoms with Crippen LogP contribution in [0.15, 0.2) is 48.5 Å². The number of aryl methyl sites for hydroxylation is 1. The Morgan fingerprint density at radius 2 is 1.77 bits per heavy atom. The second-order valence-corrected chi connectivity index (χ2v) is 9.70. The molecule has 1 saturated heterocycles. The number of hydrogen-bond acceptors (Lipinski definition) is 4. The van der Waals surface area contributed by atoms with Crippen LogP contribution in [0, 0.1) is 6.92 Å². The van der Waals surface area contributed by atoms with Crippen LogP contribution in [0.5, 0.6) is 0 Å². The molecular formula is C23H29N3O4S. The van der Waals surface area contributed by atoms with E-state index in [0.717, 1.165) is 5.56 Å². The Labute approximate surface area is 183 Å². The quantitative estimate of drug-likeness (QED) is 0.687. The van der Waals surface area contributed by atoms with Gasteiger partial charge in [-0.05, 0) is 56.0 Å². The van der Waals surface area contributed by atoms with Gasteiger partial charge in [-0.25, -0.2) is 8.42 Å². The zero-order valence-corrected chi connectivity index (χ0v) is 18.7. The topological polar surface area (TPSA) is 95.6 Å². The van der Waals surface area contributed by atoms with Crippen LogP contribution in [0.4, 0.5) is 5.69 Å². The van der Waals surface area contributed by atoms with Crippen molar-refractivity contribution in [1.82, 2.24) is 10.2 Å². The van der Waals surface area contributed by atoms with Crippen molar-refractivity contribution in [3.8, 4) is 0 Å². The van der Waals surface area contributed by atoms with Crippen molar-refractivity contribution in [3.05, 3.63) is 65.2 Å². The van der Waals surface area contributed by atoms with Gasteiger partial charge in [-0.15, -0.1) is 0 Å². The normalized spacial score (nSPS) is 14.8. The molecule has 0 atom stereocenters. The number of rotatable bonds is 7. The van der Waals surface area contributed by atoms with Crippen molar-refractivity contribution in [3.63, 3.8) is 0 Å². The predicted octanol–water partition coefficient (Wildman–Crippen LogP) is 3.18. The van der Waals surface area contributed by atoms with Gasteiger partial charge in [-0.3, -0.25) is 14.3 Å². The van der Waals surface area contributed by atoms with Gasteiger partial charge in [0.15, 0.2) is 0 Å². The lowest BCUT2D eigenvalue weighted by Crippen LogP contribution is -2.46. The molecule has 31 heavy (non-hydrogen) atoms. The molecule has 2 aromatic rings. The summed E-state index contributed by atoms with van der Waals surface area (Å²) in [4.78, 5) is 27.2. The molecule has 0 aromatic heterocycles. The van der Waals surface area contributed by atoms with Gasteiger partial charge in [0, 0.05) is 35.9 Å². The third kappa shape index (κ3) is 6.07. The summed E-state index contributed by atoms with van der Waals surface area (Å²) in [5.41, 5.74) is 2.43. The number of hydrogen-bond donors (Lipinski definition) is 2. The summed E-state index contributed by atoms with van der Waals surface area (Å²) in [7, 11) is -3.41. The van der Waals surface area contributed by atoms with E-state index >= 15 is 0 Å². The van der Waals surface area contributed by atoms with Crippen molar-refractivity contribution < 1.29 is 18.0 Å². The minimum Gasteiger partial charge on any atom is -0.349 e. The van der Waals surface area contributed by atoms with Crippen molar-refractivity contribution in [2.24, 2.45) is 0 Å². The van der Waals surface area contributed by atoms with Crippen LogP contribution >= 0.6 is 0 Å². The minimum atomic E-state index is -3.41. The summed E-state index contributed by atoms with van der Waals surface area (Å²) in [6, 6.07) is 14.1. The van der Waals surface area contributed by atoms with Crippen molar-refractivity contribution in [2.75, 3.05) is 23.6 Å². The number of carbonyl (C=O) groups excluding carboxylic acids is 2. The van der Waals surface area contributed by atoms with Gasteiger partial charge in [-0.2, -0.15) is 0 Å².